The van der Waals surface area contributed by atoms with Crippen LogP contribution in [0.1, 0.15) is 38.7 Å². The second kappa shape index (κ2) is 8.56. The van der Waals surface area contributed by atoms with Crippen LogP contribution in [0.3, 0.4) is 0 Å². The van der Waals surface area contributed by atoms with Crippen LogP contribution in [0.2, 0.25) is 0 Å². The molecule has 0 saturated carbocycles. The fourth-order valence-electron chi connectivity index (χ4n) is 1.79. The van der Waals surface area contributed by atoms with Gasteiger partial charge in [0, 0.05) is 13.0 Å². The molecule has 0 spiro atoms. The maximum Gasteiger partial charge on any atom is 0.219 e. The van der Waals surface area contributed by atoms with Gasteiger partial charge in [-0.15, -0.1) is 0 Å². The topological polar surface area (TPSA) is 38.3 Å². The molecular weight excluding hydrogens is 226 g/mol. The molecule has 0 aliphatic carbocycles. The zero-order valence-electron chi connectivity index (χ0n) is 11.4. The number of nitrogens with one attached hydrogen (secondary N) is 1. The van der Waals surface area contributed by atoms with Crippen LogP contribution in [0.5, 0.6) is 5.75 Å². The summed E-state index contributed by atoms with van der Waals surface area (Å²) in [6.07, 6.45) is 3.46. The minimum absolute atomic E-state index is 0.153. The molecule has 3 nitrogen and oxygen atoms in total. The lowest BCUT2D eigenvalue weighted by Gasteiger charge is -2.07. The number of rotatable bonds is 8. The van der Waals surface area contributed by atoms with E-state index in [4.69, 9.17) is 4.74 Å². The Hall–Kier alpha value is -1.51. The molecule has 0 bridgehead atoms. The molecule has 0 fully saturated rings. The number of amides is 1. The molecule has 100 valence electrons. The van der Waals surface area contributed by atoms with E-state index in [1.54, 1.807) is 0 Å². The van der Waals surface area contributed by atoms with E-state index in [-0.39, 0.29) is 5.91 Å². The Kier molecular flexibility index (Phi) is 6.92. The Labute approximate surface area is 110 Å². The zero-order valence-corrected chi connectivity index (χ0v) is 11.4. The van der Waals surface area contributed by atoms with Crippen molar-refractivity contribution in [1.29, 1.82) is 0 Å². The van der Waals surface area contributed by atoms with Gasteiger partial charge in [-0.05, 0) is 43.9 Å². The second-order valence-electron chi connectivity index (χ2n) is 4.28. The van der Waals surface area contributed by atoms with E-state index in [1.165, 1.54) is 5.56 Å². The molecule has 0 radical (unpaired) electrons. The summed E-state index contributed by atoms with van der Waals surface area (Å²) in [7, 11) is 0. The monoisotopic (exact) mass is 249 g/mol. The van der Waals surface area contributed by atoms with Gasteiger partial charge >= 0.3 is 0 Å². The van der Waals surface area contributed by atoms with Gasteiger partial charge in [0.1, 0.15) is 5.75 Å². The highest BCUT2D eigenvalue weighted by Gasteiger charge is 1.99. The maximum atomic E-state index is 11.3. The largest absolute Gasteiger partial charge is 0.494 e. The van der Waals surface area contributed by atoms with Crippen LogP contribution in [0.15, 0.2) is 24.3 Å². The molecule has 1 aromatic rings. The van der Waals surface area contributed by atoms with Crippen molar-refractivity contribution in [1.82, 2.24) is 5.32 Å². The standard InChI is InChI=1S/C15H23NO2/c1-3-7-15(17)16-11-6-9-13-8-5-10-14(12-13)18-4-2/h5,8,10,12H,3-4,6-7,9,11H2,1-2H3,(H,16,17). The van der Waals surface area contributed by atoms with Gasteiger partial charge in [0.2, 0.25) is 5.91 Å². The first-order valence-corrected chi connectivity index (χ1v) is 6.74. The van der Waals surface area contributed by atoms with Gasteiger partial charge in [-0.1, -0.05) is 19.1 Å². The number of carbonyl (C=O) groups excluding carboxylic acids is 1. The lowest BCUT2D eigenvalue weighted by atomic mass is 10.1. The molecule has 1 rings (SSSR count). The fourth-order valence-corrected chi connectivity index (χ4v) is 1.79. The van der Waals surface area contributed by atoms with Crippen molar-refractivity contribution in [3.05, 3.63) is 29.8 Å². The van der Waals surface area contributed by atoms with E-state index in [0.717, 1.165) is 31.6 Å². The Balaban J connectivity index is 2.26. The maximum absolute atomic E-state index is 11.3. The van der Waals surface area contributed by atoms with Gasteiger partial charge in [-0.2, -0.15) is 0 Å². The normalized spacial score (nSPS) is 10.1. The second-order valence-corrected chi connectivity index (χ2v) is 4.28. The summed E-state index contributed by atoms with van der Waals surface area (Å²) in [6.45, 7) is 5.43. The molecule has 0 atom stereocenters. The summed E-state index contributed by atoms with van der Waals surface area (Å²) in [5, 5.41) is 2.92. The molecular formula is C15H23NO2. The first-order valence-electron chi connectivity index (χ1n) is 6.74. The summed E-state index contributed by atoms with van der Waals surface area (Å²) in [5.74, 6) is 1.07. The molecule has 0 unspecified atom stereocenters. The van der Waals surface area contributed by atoms with Gasteiger partial charge in [0.05, 0.1) is 6.61 Å². The van der Waals surface area contributed by atoms with Crippen LogP contribution in [0.25, 0.3) is 0 Å². The molecule has 0 aromatic heterocycles. The zero-order chi connectivity index (χ0) is 13.2. The smallest absolute Gasteiger partial charge is 0.219 e. The van der Waals surface area contributed by atoms with Crippen molar-refractivity contribution in [2.45, 2.75) is 39.5 Å². The Morgan fingerprint density at radius 1 is 1.33 bits per heavy atom. The average Bonchev–Trinajstić information content (AvgIpc) is 2.36. The summed E-state index contributed by atoms with van der Waals surface area (Å²) >= 11 is 0. The van der Waals surface area contributed by atoms with Crippen LogP contribution in [-0.2, 0) is 11.2 Å². The molecule has 1 amide bonds. The summed E-state index contributed by atoms with van der Waals surface area (Å²) in [5.41, 5.74) is 1.26. The summed E-state index contributed by atoms with van der Waals surface area (Å²) < 4.78 is 5.45. The predicted molar refractivity (Wildman–Crippen MR) is 73.8 cm³/mol. The van der Waals surface area contributed by atoms with Crippen molar-refractivity contribution in [3.63, 3.8) is 0 Å². The number of hydrogen-bond acceptors (Lipinski definition) is 2. The lowest BCUT2D eigenvalue weighted by molar-refractivity contribution is -0.121. The van der Waals surface area contributed by atoms with Crippen molar-refractivity contribution in [3.8, 4) is 5.75 Å². The number of benzene rings is 1. The van der Waals surface area contributed by atoms with Crippen LogP contribution in [-0.4, -0.2) is 19.1 Å². The fraction of sp³-hybridized carbons (Fsp3) is 0.533. The van der Waals surface area contributed by atoms with E-state index >= 15 is 0 Å². The predicted octanol–water partition coefficient (Wildman–Crippen LogP) is 2.93. The summed E-state index contributed by atoms with van der Waals surface area (Å²) in [6, 6.07) is 8.14. The molecule has 1 aromatic carbocycles. The molecule has 1 N–H and O–H groups in total. The molecule has 0 aliphatic rings. The quantitative estimate of drug-likeness (QED) is 0.719. The van der Waals surface area contributed by atoms with Gasteiger partial charge in [-0.25, -0.2) is 0 Å². The Morgan fingerprint density at radius 2 is 2.17 bits per heavy atom. The third kappa shape index (κ3) is 5.71. The minimum atomic E-state index is 0.153. The van der Waals surface area contributed by atoms with Crippen molar-refractivity contribution in [2.24, 2.45) is 0 Å². The number of aryl methyl sites for hydroxylation is 1. The first-order chi connectivity index (χ1) is 8.76. The van der Waals surface area contributed by atoms with E-state index < -0.39 is 0 Å². The van der Waals surface area contributed by atoms with Gasteiger partial charge in [0.15, 0.2) is 0 Å². The highest BCUT2D eigenvalue weighted by atomic mass is 16.5. The van der Waals surface area contributed by atoms with Gasteiger partial charge in [0.25, 0.3) is 0 Å². The third-order valence-corrected chi connectivity index (χ3v) is 2.65. The molecule has 0 heterocycles. The van der Waals surface area contributed by atoms with Crippen LogP contribution in [0.4, 0.5) is 0 Å². The van der Waals surface area contributed by atoms with Gasteiger partial charge in [-0.3, -0.25) is 4.79 Å². The first kappa shape index (κ1) is 14.6. The van der Waals surface area contributed by atoms with E-state index in [2.05, 4.69) is 17.4 Å². The van der Waals surface area contributed by atoms with E-state index in [0.29, 0.717) is 13.0 Å². The highest BCUT2D eigenvalue weighted by molar-refractivity contribution is 5.75. The minimum Gasteiger partial charge on any atom is -0.494 e. The summed E-state index contributed by atoms with van der Waals surface area (Å²) in [4.78, 5) is 11.3. The number of hydrogen-bond donors (Lipinski definition) is 1. The highest BCUT2D eigenvalue weighted by Crippen LogP contribution is 2.14. The molecule has 3 heteroatoms. The molecule has 18 heavy (non-hydrogen) atoms. The SMILES string of the molecule is CCCC(=O)NCCCc1cccc(OCC)c1. The van der Waals surface area contributed by atoms with E-state index in [1.807, 2.05) is 26.0 Å². The van der Waals surface area contributed by atoms with Crippen LogP contribution >= 0.6 is 0 Å². The Bertz CT molecular complexity index is 363. The van der Waals surface area contributed by atoms with E-state index in [9.17, 15) is 4.79 Å². The van der Waals surface area contributed by atoms with Gasteiger partial charge < -0.3 is 10.1 Å². The van der Waals surface area contributed by atoms with Crippen LogP contribution < -0.4 is 10.1 Å². The number of ether oxygens (including phenoxy) is 1. The van der Waals surface area contributed by atoms with Crippen molar-refractivity contribution >= 4 is 5.91 Å². The van der Waals surface area contributed by atoms with Crippen molar-refractivity contribution < 1.29 is 9.53 Å². The number of carbonyl (C=O) groups is 1. The molecule has 0 aliphatic heterocycles. The van der Waals surface area contributed by atoms with Crippen molar-refractivity contribution in [2.75, 3.05) is 13.2 Å². The average molecular weight is 249 g/mol. The molecule has 0 saturated heterocycles. The third-order valence-electron chi connectivity index (χ3n) is 2.65. The lowest BCUT2D eigenvalue weighted by Crippen LogP contribution is -2.24. The Morgan fingerprint density at radius 3 is 2.89 bits per heavy atom. The van der Waals surface area contributed by atoms with Crippen LogP contribution in [0, 0.1) is 0 Å².